The average Bonchev–Trinajstić information content (AvgIpc) is 2.29. The van der Waals surface area contributed by atoms with Gasteiger partial charge in [-0.25, -0.2) is 0 Å². The predicted molar refractivity (Wildman–Crippen MR) is 48.0 cm³/mol. The van der Waals surface area contributed by atoms with Gasteiger partial charge < -0.3 is 10.2 Å². The molecule has 70 valence electrons. The van der Waals surface area contributed by atoms with E-state index in [2.05, 4.69) is 4.98 Å². The number of hydrogen-bond donors (Lipinski definition) is 2. The molecule has 2 rings (SSSR count). The van der Waals surface area contributed by atoms with Crippen LogP contribution in [0.2, 0.25) is 0 Å². The quantitative estimate of drug-likeness (QED) is 0.591. The van der Waals surface area contributed by atoms with Crippen LogP contribution in [0.4, 0.5) is 0 Å². The number of aliphatic hydroxyl groups is 2. The lowest BCUT2D eigenvalue weighted by Crippen LogP contribution is -2.04. The second kappa shape index (κ2) is 3.44. The molecule has 1 aliphatic carbocycles. The Labute approximate surface area is 77.1 Å². The summed E-state index contributed by atoms with van der Waals surface area (Å²) in [7, 11) is 0. The van der Waals surface area contributed by atoms with Gasteiger partial charge in [-0.05, 0) is 25.3 Å². The first-order chi connectivity index (χ1) is 6.29. The van der Waals surface area contributed by atoms with Crippen molar-refractivity contribution in [2.75, 3.05) is 0 Å². The van der Waals surface area contributed by atoms with Gasteiger partial charge in [-0.15, -0.1) is 0 Å². The minimum atomic E-state index is -0.506. The van der Waals surface area contributed by atoms with Crippen LogP contribution in [-0.4, -0.2) is 15.2 Å². The highest BCUT2D eigenvalue weighted by atomic mass is 16.3. The summed E-state index contributed by atoms with van der Waals surface area (Å²) in [5, 5.41) is 19.4. The average molecular weight is 179 g/mol. The molecule has 0 spiro atoms. The SMILES string of the molecule is OC1CCC[C@@H](O)c2ncccc21. The molecule has 1 unspecified atom stereocenters. The molecule has 1 aliphatic rings. The van der Waals surface area contributed by atoms with E-state index in [9.17, 15) is 10.2 Å². The first-order valence-electron chi connectivity index (χ1n) is 4.60. The maximum absolute atomic E-state index is 9.71. The number of hydrogen-bond acceptors (Lipinski definition) is 3. The maximum atomic E-state index is 9.71. The molecule has 1 heterocycles. The lowest BCUT2D eigenvalue weighted by Gasteiger charge is -2.11. The summed E-state index contributed by atoms with van der Waals surface area (Å²) in [5.74, 6) is 0. The van der Waals surface area contributed by atoms with Gasteiger partial charge in [0.2, 0.25) is 0 Å². The summed E-state index contributed by atoms with van der Waals surface area (Å²) in [6.07, 6.45) is 2.95. The molecule has 0 saturated carbocycles. The molecule has 0 amide bonds. The molecule has 13 heavy (non-hydrogen) atoms. The number of nitrogens with zero attached hydrogens (tertiary/aromatic N) is 1. The summed E-state index contributed by atoms with van der Waals surface area (Å²) >= 11 is 0. The third kappa shape index (κ3) is 1.57. The maximum Gasteiger partial charge on any atom is 0.0963 e. The molecule has 1 aromatic heterocycles. The fourth-order valence-electron chi connectivity index (χ4n) is 1.79. The van der Waals surface area contributed by atoms with E-state index in [1.807, 2.05) is 6.07 Å². The highest BCUT2D eigenvalue weighted by Gasteiger charge is 2.22. The summed E-state index contributed by atoms with van der Waals surface area (Å²) in [4.78, 5) is 4.10. The van der Waals surface area contributed by atoms with Crippen LogP contribution in [0.3, 0.4) is 0 Å². The first-order valence-corrected chi connectivity index (χ1v) is 4.60. The fourth-order valence-corrected chi connectivity index (χ4v) is 1.79. The Balaban J connectivity index is 2.45. The lowest BCUT2D eigenvalue weighted by molar-refractivity contribution is 0.157. The Bertz CT molecular complexity index is 272. The lowest BCUT2D eigenvalue weighted by atomic mass is 10.1. The number of fused-ring (bicyclic) bond motifs is 1. The van der Waals surface area contributed by atoms with Crippen molar-refractivity contribution in [3.8, 4) is 0 Å². The molecule has 3 heteroatoms. The summed E-state index contributed by atoms with van der Waals surface area (Å²) in [6, 6.07) is 3.63. The van der Waals surface area contributed by atoms with Crippen LogP contribution in [0.15, 0.2) is 18.3 Å². The Kier molecular flexibility index (Phi) is 2.29. The largest absolute Gasteiger partial charge is 0.388 e. The van der Waals surface area contributed by atoms with Crippen LogP contribution in [0, 0.1) is 0 Å². The Morgan fingerprint density at radius 1 is 1.23 bits per heavy atom. The van der Waals surface area contributed by atoms with Gasteiger partial charge in [0.05, 0.1) is 17.9 Å². The van der Waals surface area contributed by atoms with Gasteiger partial charge in [-0.2, -0.15) is 0 Å². The van der Waals surface area contributed by atoms with E-state index in [-0.39, 0.29) is 0 Å². The molecule has 0 fully saturated rings. The van der Waals surface area contributed by atoms with E-state index in [1.165, 1.54) is 0 Å². The van der Waals surface area contributed by atoms with Crippen molar-refractivity contribution in [3.63, 3.8) is 0 Å². The van der Waals surface area contributed by atoms with E-state index in [0.29, 0.717) is 12.1 Å². The molecular formula is C10H13NO2. The molecule has 0 aliphatic heterocycles. The van der Waals surface area contributed by atoms with Crippen molar-refractivity contribution >= 4 is 0 Å². The number of aromatic nitrogens is 1. The molecule has 2 N–H and O–H groups in total. The Morgan fingerprint density at radius 2 is 2.00 bits per heavy atom. The van der Waals surface area contributed by atoms with Crippen molar-refractivity contribution in [1.82, 2.24) is 4.98 Å². The highest BCUT2D eigenvalue weighted by Crippen LogP contribution is 2.32. The van der Waals surface area contributed by atoms with E-state index >= 15 is 0 Å². The van der Waals surface area contributed by atoms with E-state index < -0.39 is 12.2 Å². The zero-order valence-corrected chi connectivity index (χ0v) is 7.35. The van der Waals surface area contributed by atoms with Gasteiger partial charge in [-0.1, -0.05) is 6.07 Å². The fraction of sp³-hybridized carbons (Fsp3) is 0.500. The zero-order valence-electron chi connectivity index (χ0n) is 7.35. The Hall–Kier alpha value is -0.930. The van der Waals surface area contributed by atoms with Gasteiger partial charge in [0.25, 0.3) is 0 Å². The van der Waals surface area contributed by atoms with Gasteiger partial charge in [-0.3, -0.25) is 4.98 Å². The predicted octanol–water partition coefficient (Wildman–Crippen LogP) is 1.33. The topological polar surface area (TPSA) is 53.4 Å². The molecule has 2 atom stereocenters. The molecule has 0 saturated heterocycles. The van der Waals surface area contributed by atoms with Crippen molar-refractivity contribution < 1.29 is 10.2 Å². The molecule has 0 bridgehead atoms. The third-order valence-corrected chi connectivity index (χ3v) is 2.50. The van der Waals surface area contributed by atoms with Gasteiger partial charge in [0.1, 0.15) is 0 Å². The minimum absolute atomic E-state index is 0.458. The van der Waals surface area contributed by atoms with Crippen molar-refractivity contribution in [1.29, 1.82) is 0 Å². The molecular weight excluding hydrogens is 166 g/mol. The Morgan fingerprint density at radius 3 is 2.85 bits per heavy atom. The molecule has 1 aromatic rings. The highest BCUT2D eigenvalue weighted by molar-refractivity contribution is 5.25. The van der Waals surface area contributed by atoms with Crippen molar-refractivity contribution in [2.24, 2.45) is 0 Å². The van der Waals surface area contributed by atoms with Crippen LogP contribution in [-0.2, 0) is 0 Å². The van der Waals surface area contributed by atoms with Crippen molar-refractivity contribution in [3.05, 3.63) is 29.6 Å². The summed E-state index contributed by atoms with van der Waals surface area (Å²) < 4.78 is 0. The van der Waals surface area contributed by atoms with Gasteiger partial charge in [0.15, 0.2) is 0 Å². The monoisotopic (exact) mass is 179 g/mol. The van der Waals surface area contributed by atoms with Crippen LogP contribution in [0.25, 0.3) is 0 Å². The van der Waals surface area contributed by atoms with Gasteiger partial charge >= 0.3 is 0 Å². The van der Waals surface area contributed by atoms with Crippen LogP contribution in [0.5, 0.6) is 0 Å². The molecule has 0 aromatic carbocycles. The van der Waals surface area contributed by atoms with Crippen LogP contribution >= 0.6 is 0 Å². The summed E-state index contributed by atoms with van der Waals surface area (Å²) in [5.41, 5.74) is 1.43. The van der Waals surface area contributed by atoms with Crippen LogP contribution in [0.1, 0.15) is 42.7 Å². The number of aliphatic hydroxyl groups excluding tert-OH is 2. The number of pyridine rings is 1. The second-order valence-corrected chi connectivity index (χ2v) is 3.44. The minimum Gasteiger partial charge on any atom is -0.388 e. The van der Waals surface area contributed by atoms with E-state index in [1.54, 1.807) is 12.3 Å². The first kappa shape index (κ1) is 8.66. The molecule has 3 nitrogen and oxygen atoms in total. The zero-order chi connectivity index (χ0) is 9.26. The smallest absolute Gasteiger partial charge is 0.0963 e. The normalized spacial score (nSPS) is 27.8. The number of rotatable bonds is 0. The third-order valence-electron chi connectivity index (χ3n) is 2.50. The summed E-state index contributed by atoms with van der Waals surface area (Å²) in [6.45, 7) is 0. The standard InChI is InChI=1S/C10H13NO2/c12-8-4-1-5-9(13)10-7(8)3-2-6-11-10/h2-3,6,8-9,12-13H,1,4-5H2/t8?,9-/m1/s1. The second-order valence-electron chi connectivity index (χ2n) is 3.44. The van der Waals surface area contributed by atoms with Crippen LogP contribution < -0.4 is 0 Å². The van der Waals surface area contributed by atoms with E-state index in [4.69, 9.17) is 0 Å². The molecule has 0 radical (unpaired) electrons. The van der Waals surface area contributed by atoms with Gasteiger partial charge in [0, 0.05) is 11.8 Å². The van der Waals surface area contributed by atoms with E-state index in [0.717, 1.165) is 18.4 Å². The van der Waals surface area contributed by atoms with Crippen molar-refractivity contribution in [2.45, 2.75) is 31.5 Å².